The lowest BCUT2D eigenvalue weighted by atomic mass is 9.96. The van der Waals surface area contributed by atoms with Crippen LogP contribution in [0.4, 0.5) is 5.69 Å². The van der Waals surface area contributed by atoms with Gasteiger partial charge in [-0.2, -0.15) is 0 Å². The van der Waals surface area contributed by atoms with Crippen LogP contribution in [-0.2, 0) is 10.0 Å². The molecule has 7 heteroatoms. The number of aromatic amines is 1. The number of nitrogens with one attached hydrogen (secondary N) is 2. The molecule has 0 fully saturated rings. The van der Waals surface area contributed by atoms with Gasteiger partial charge in [-0.3, -0.25) is 4.72 Å². The Hall–Kier alpha value is -2.61. The Labute approximate surface area is 146 Å². The van der Waals surface area contributed by atoms with Gasteiger partial charge >= 0.3 is 0 Å². The number of rotatable bonds is 5. The van der Waals surface area contributed by atoms with E-state index in [1.165, 1.54) is 0 Å². The smallest absolute Gasteiger partial charge is 0.254 e. The summed E-state index contributed by atoms with van der Waals surface area (Å²) in [6.45, 7) is 5.25. The first kappa shape index (κ1) is 17.2. The molecule has 0 saturated heterocycles. The number of aliphatic hydroxyl groups is 1. The molecule has 1 atom stereocenters. The normalized spacial score (nSPS) is 12.9. The van der Waals surface area contributed by atoms with E-state index in [0.29, 0.717) is 11.3 Å². The first-order valence-corrected chi connectivity index (χ1v) is 9.17. The van der Waals surface area contributed by atoms with Gasteiger partial charge < -0.3 is 15.8 Å². The second-order valence-electron chi connectivity index (χ2n) is 5.76. The van der Waals surface area contributed by atoms with Gasteiger partial charge in [-0.25, -0.2) is 8.42 Å². The van der Waals surface area contributed by atoms with Gasteiger partial charge in [0.15, 0.2) is 0 Å². The molecule has 2 aromatic carbocycles. The summed E-state index contributed by atoms with van der Waals surface area (Å²) < 4.78 is 25.8. The Bertz CT molecular complexity index is 1050. The van der Waals surface area contributed by atoms with Gasteiger partial charge in [-0.1, -0.05) is 30.8 Å². The second kappa shape index (κ2) is 6.36. The van der Waals surface area contributed by atoms with E-state index in [1.807, 2.05) is 25.3 Å². The number of anilines is 1. The predicted octanol–water partition coefficient (Wildman–Crippen LogP) is 2.98. The molecule has 0 spiro atoms. The van der Waals surface area contributed by atoms with E-state index in [2.05, 4.69) is 16.3 Å². The van der Waals surface area contributed by atoms with Crippen molar-refractivity contribution in [2.75, 3.05) is 4.72 Å². The Morgan fingerprint density at radius 3 is 2.76 bits per heavy atom. The summed E-state index contributed by atoms with van der Waals surface area (Å²) >= 11 is 0. The highest BCUT2D eigenvalue weighted by Crippen LogP contribution is 2.35. The van der Waals surface area contributed by atoms with Gasteiger partial charge in [0.25, 0.3) is 10.0 Å². The minimum Gasteiger partial charge on any atom is -0.374 e. The van der Waals surface area contributed by atoms with Crippen LogP contribution in [0.25, 0.3) is 22.0 Å². The van der Waals surface area contributed by atoms with Gasteiger partial charge in [0.05, 0.1) is 5.52 Å². The van der Waals surface area contributed by atoms with Crippen molar-refractivity contribution in [3.63, 3.8) is 0 Å². The molecule has 1 unspecified atom stereocenters. The number of aryl methyl sites for hydroxylation is 1. The summed E-state index contributed by atoms with van der Waals surface area (Å²) in [5.74, 6) is 0. The highest BCUT2D eigenvalue weighted by Gasteiger charge is 2.15. The van der Waals surface area contributed by atoms with Crippen LogP contribution in [0.5, 0.6) is 0 Å². The summed E-state index contributed by atoms with van der Waals surface area (Å²) in [6.07, 6.45) is 0.768. The Morgan fingerprint density at radius 1 is 1.32 bits per heavy atom. The molecular formula is C18H19N3O3S. The van der Waals surface area contributed by atoms with Crippen molar-refractivity contribution >= 4 is 26.6 Å². The van der Waals surface area contributed by atoms with Gasteiger partial charge in [0, 0.05) is 28.2 Å². The Kier molecular flexibility index (Phi) is 4.38. The molecule has 0 radical (unpaired) electrons. The minimum absolute atomic E-state index is 0.446. The fourth-order valence-electron chi connectivity index (χ4n) is 2.88. The van der Waals surface area contributed by atoms with E-state index in [9.17, 15) is 13.5 Å². The van der Waals surface area contributed by atoms with Crippen molar-refractivity contribution in [2.45, 2.75) is 13.2 Å². The number of aromatic nitrogens is 1. The third-order valence-electron chi connectivity index (χ3n) is 4.04. The zero-order valence-electron chi connectivity index (χ0n) is 13.7. The van der Waals surface area contributed by atoms with E-state index >= 15 is 0 Å². The molecule has 3 aromatic rings. The lowest BCUT2D eigenvalue weighted by molar-refractivity contribution is 0.187. The number of hydrogen-bond acceptors (Lipinski definition) is 4. The number of nitrogens with two attached hydrogens (primary N) is 1. The Balaban J connectivity index is 2.16. The topological polar surface area (TPSA) is 108 Å². The van der Waals surface area contributed by atoms with Crippen LogP contribution in [0.1, 0.15) is 17.4 Å². The van der Waals surface area contributed by atoms with E-state index < -0.39 is 16.3 Å². The summed E-state index contributed by atoms with van der Waals surface area (Å²) in [5.41, 5.74) is 10.2. The summed E-state index contributed by atoms with van der Waals surface area (Å²) in [6, 6.07) is 10.7. The fourth-order valence-corrected chi connectivity index (χ4v) is 3.42. The zero-order chi connectivity index (χ0) is 18.2. The lowest BCUT2D eigenvalue weighted by Crippen LogP contribution is -2.09. The van der Waals surface area contributed by atoms with E-state index in [-0.39, 0.29) is 0 Å². The molecule has 1 aromatic heterocycles. The average Bonchev–Trinajstić information content (AvgIpc) is 2.96. The fraction of sp³-hybridized carbons (Fsp3) is 0.111. The number of aliphatic hydroxyl groups excluding tert-OH is 1. The van der Waals surface area contributed by atoms with Crippen molar-refractivity contribution in [1.29, 1.82) is 0 Å². The van der Waals surface area contributed by atoms with Crippen molar-refractivity contribution in [3.8, 4) is 11.1 Å². The number of fused-ring (bicyclic) bond motifs is 1. The van der Waals surface area contributed by atoms with Gasteiger partial charge in [-0.05, 0) is 35.7 Å². The molecule has 0 aliphatic carbocycles. The van der Waals surface area contributed by atoms with Crippen LogP contribution >= 0.6 is 0 Å². The average molecular weight is 357 g/mol. The van der Waals surface area contributed by atoms with Crippen LogP contribution in [0, 0.1) is 6.92 Å². The number of hydrogen-bond donors (Lipinski definition) is 4. The molecular weight excluding hydrogens is 338 g/mol. The van der Waals surface area contributed by atoms with E-state index in [4.69, 9.17) is 5.73 Å². The lowest BCUT2D eigenvalue weighted by Gasteiger charge is -2.12. The molecule has 0 bridgehead atoms. The highest BCUT2D eigenvalue weighted by atomic mass is 32.2. The van der Waals surface area contributed by atoms with Crippen LogP contribution in [0.15, 0.2) is 54.6 Å². The first-order valence-electron chi connectivity index (χ1n) is 7.62. The molecule has 0 amide bonds. The molecule has 0 saturated carbocycles. The monoisotopic (exact) mass is 357 g/mol. The predicted molar refractivity (Wildman–Crippen MR) is 100 cm³/mol. The van der Waals surface area contributed by atoms with Crippen molar-refractivity contribution in [1.82, 2.24) is 4.98 Å². The van der Waals surface area contributed by atoms with Crippen molar-refractivity contribution < 1.29 is 13.5 Å². The second-order valence-corrected chi connectivity index (χ2v) is 7.39. The SMILES string of the molecule is C=CS(=O)(=O)Nc1cccc(-c2ccc(C(N)O)c3[nH]cc(C)c23)c1. The largest absolute Gasteiger partial charge is 0.374 e. The standard InChI is InChI=1S/C18H19N3O3S/c1-3-25(23,24)21-13-6-4-5-12(9-13)14-7-8-15(18(19)22)17-16(14)11(2)10-20-17/h3-10,18,20-22H,1,19H2,2H3. The van der Waals surface area contributed by atoms with E-state index in [0.717, 1.165) is 33.0 Å². The number of sulfonamides is 1. The van der Waals surface area contributed by atoms with Crippen LogP contribution in [-0.4, -0.2) is 18.5 Å². The summed E-state index contributed by atoms with van der Waals surface area (Å²) in [5, 5.41) is 11.6. The third kappa shape index (κ3) is 3.30. The van der Waals surface area contributed by atoms with Gasteiger partial charge in [0.1, 0.15) is 6.23 Å². The molecule has 25 heavy (non-hydrogen) atoms. The third-order valence-corrected chi connectivity index (χ3v) is 5.00. The quantitative estimate of drug-likeness (QED) is 0.526. The highest BCUT2D eigenvalue weighted by molar-refractivity contribution is 7.95. The van der Waals surface area contributed by atoms with Crippen molar-refractivity contribution in [3.05, 3.63) is 65.7 Å². The maximum atomic E-state index is 11.7. The summed E-state index contributed by atoms with van der Waals surface area (Å²) in [4.78, 5) is 3.15. The molecule has 130 valence electrons. The molecule has 3 rings (SSSR count). The van der Waals surface area contributed by atoms with Gasteiger partial charge in [-0.15, -0.1) is 0 Å². The maximum absolute atomic E-state index is 11.7. The Morgan fingerprint density at radius 2 is 2.08 bits per heavy atom. The van der Waals surface area contributed by atoms with Crippen LogP contribution < -0.4 is 10.5 Å². The number of H-pyrrole nitrogens is 1. The number of benzene rings is 2. The van der Waals surface area contributed by atoms with Crippen molar-refractivity contribution in [2.24, 2.45) is 5.73 Å². The first-order chi connectivity index (χ1) is 11.8. The minimum atomic E-state index is -3.57. The van der Waals surface area contributed by atoms with Crippen LogP contribution in [0.2, 0.25) is 0 Å². The molecule has 1 heterocycles. The van der Waals surface area contributed by atoms with Gasteiger partial charge in [0.2, 0.25) is 0 Å². The molecule has 0 aliphatic rings. The zero-order valence-corrected chi connectivity index (χ0v) is 14.5. The van der Waals surface area contributed by atoms with E-state index in [1.54, 1.807) is 24.3 Å². The maximum Gasteiger partial charge on any atom is 0.254 e. The molecule has 6 nitrogen and oxygen atoms in total. The molecule has 0 aliphatic heterocycles. The summed E-state index contributed by atoms with van der Waals surface area (Å²) in [7, 11) is -3.57. The van der Waals surface area contributed by atoms with Crippen LogP contribution in [0.3, 0.4) is 0 Å². The molecule has 5 N–H and O–H groups in total.